The van der Waals surface area contributed by atoms with E-state index in [0.29, 0.717) is 19.5 Å². The van der Waals surface area contributed by atoms with Crippen LogP contribution in [0.15, 0.2) is 96.5 Å². The van der Waals surface area contributed by atoms with Gasteiger partial charge in [0.05, 0.1) is 12.1 Å². The van der Waals surface area contributed by atoms with Crippen LogP contribution in [0.4, 0.5) is 0 Å². The highest BCUT2D eigenvalue weighted by Crippen LogP contribution is 2.24. The zero-order valence-corrected chi connectivity index (χ0v) is 20.0. The maximum absolute atomic E-state index is 13.5. The van der Waals surface area contributed by atoms with Crippen molar-refractivity contribution in [2.75, 3.05) is 6.54 Å². The Kier molecular flexibility index (Phi) is 6.54. The number of fused-ring (bicyclic) bond motifs is 1. The lowest BCUT2D eigenvalue weighted by molar-refractivity contribution is -0.131. The summed E-state index contributed by atoms with van der Waals surface area (Å²) in [7, 11) is 0. The Morgan fingerprint density at radius 2 is 1.59 bits per heavy atom. The fourth-order valence-corrected chi connectivity index (χ4v) is 4.96. The first kappa shape index (κ1) is 22.1. The van der Waals surface area contributed by atoms with E-state index in [1.54, 1.807) is 11.3 Å². The molecule has 2 aromatic heterocycles. The lowest BCUT2D eigenvalue weighted by Gasteiger charge is -2.23. The predicted octanol–water partition coefficient (Wildman–Crippen LogP) is 6.19. The van der Waals surface area contributed by atoms with Crippen LogP contribution in [0.3, 0.4) is 0 Å². The Morgan fingerprint density at radius 1 is 0.912 bits per heavy atom. The summed E-state index contributed by atoms with van der Waals surface area (Å²) in [5.74, 6) is 0.130. The summed E-state index contributed by atoms with van der Waals surface area (Å²) in [6, 6.07) is 28.9. The highest BCUT2D eigenvalue weighted by Gasteiger charge is 2.18. The van der Waals surface area contributed by atoms with Crippen molar-refractivity contribution in [2.45, 2.75) is 26.3 Å². The minimum atomic E-state index is 0.130. The Hall–Kier alpha value is -3.70. The van der Waals surface area contributed by atoms with Crippen LogP contribution in [-0.2, 0) is 24.2 Å². The molecule has 5 heteroatoms. The largest absolute Gasteiger partial charge is 0.338 e. The van der Waals surface area contributed by atoms with Gasteiger partial charge in [-0.1, -0.05) is 90.5 Å². The van der Waals surface area contributed by atoms with Crippen molar-refractivity contribution in [1.82, 2.24) is 14.3 Å². The number of aromatic nitrogens is 2. The van der Waals surface area contributed by atoms with E-state index in [1.165, 1.54) is 11.1 Å². The van der Waals surface area contributed by atoms with E-state index in [-0.39, 0.29) is 5.91 Å². The van der Waals surface area contributed by atoms with Gasteiger partial charge in [0, 0.05) is 35.9 Å². The van der Waals surface area contributed by atoms with Crippen molar-refractivity contribution in [2.24, 2.45) is 0 Å². The van der Waals surface area contributed by atoms with E-state index in [4.69, 9.17) is 4.98 Å². The number of carbonyl (C=O) groups excluding carboxylic acids is 1. The maximum atomic E-state index is 13.5. The quantitative estimate of drug-likeness (QED) is 0.274. The molecule has 0 atom stereocenters. The summed E-state index contributed by atoms with van der Waals surface area (Å²) in [6.45, 7) is 3.38. The topological polar surface area (TPSA) is 37.6 Å². The number of carbonyl (C=O) groups is 1. The molecule has 0 saturated carbocycles. The van der Waals surface area contributed by atoms with Crippen molar-refractivity contribution in [3.05, 3.63) is 119 Å². The molecule has 0 fully saturated rings. The highest BCUT2D eigenvalue weighted by atomic mass is 32.1. The summed E-state index contributed by atoms with van der Waals surface area (Å²) in [5.41, 5.74) is 6.61. The number of hydrogen-bond acceptors (Lipinski definition) is 3. The number of imidazole rings is 1. The molecule has 3 aromatic carbocycles. The molecule has 34 heavy (non-hydrogen) atoms. The Labute approximate surface area is 204 Å². The molecule has 5 aromatic rings. The molecular weight excluding hydrogens is 438 g/mol. The molecular formula is C29H27N3OS. The lowest BCUT2D eigenvalue weighted by atomic mass is 10.1. The molecule has 0 N–H and O–H groups in total. The lowest BCUT2D eigenvalue weighted by Crippen LogP contribution is -2.34. The van der Waals surface area contributed by atoms with E-state index in [2.05, 4.69) is 65.2 Å². The standard InChI is InChI=1S/C29H27N3OS/c1-22-12-14-25(15-13-22)27-20-32-26(21-34-29(32)30-27)18-28(33)31(19-24-10-6-3-7-11-24)17-16-23-8-4-2-5-9-23/h2-15,20-21H,16-19H2,1H3. The highest BCUT2D eigenvalue weighted by molar-refractivity contribution is 7.15. The van der Waals surface area contributed by atoms with Gasteiger partial charge in [-0.2, -0.15) is 0 Å². The number of benzene rings is 3. The van der Waals surface area contributed by atoms with Gasteiger partial charge in [-0.3, -0.25) is 9.20 Å². The molecule has 0 radical (unpaired) electrons. The van der Waals surface area contributed by atoms with Crippen LogP contribution in [0.5, 0.6) is 0 Å². The van der Waals surface area contributed by atoms with Crippen LogP contribution in [0.2, 0.25) is 0 Å². The molecule has 1 amide bonds. The van der Waals surface area contributed by atoms with Crippen molar-refractivity contribution in [3.8, 4) is 11.3 Å². The zero-order valence-electron chi connectivity index (χ0n) is 19.2. The first-order valence-electron chi connectivity index (χ1n) is 11.5. The van der Waals surface area contributed by atoms with Crippen molar-refractivity contribution >= 4 is 22.2 Å². The monoisotopic (exact) mass is 465 g/mol. The van der Waals surface area contributed by atoms with Crippen molar-refractivity contribution in [3.63, 3.8) is 0 Å². The van der Waals surface area contributed by atoms with Crippen LogP contribution >= 0.6 is 11.3 Å². The normalized spacial score (nSPS) is 11.1. The smallest absolute Gasteiger partial charge is 0.228 e. The van der Waals surface area contributed by atoms with Crippen LogP contribution < -0.4 is 0 Å². The molecule has 0 saturated heterocycles. The van der Waals surface area contributed by atoms with E-state index in [0.717, 1.165) is 33.9 Å². The van der Waals surface area contributed by atoms with Crippen molar-refractivity contribution in [1.29, 1.82) is 0 Å². The second kappa shape index (κ2) is 10.1. The van der Waals surface area contributed by atoms with Gasteiger partial charge in [0.1, 0.15) is 0 Å². The van der Waals surface area contributed by atoms with Gasteiger partial charge in [-0.15, -0.1) is 11.3 Å². The molecule has 4 nitrogen and oxygen atoms in total. The summed E-state index contributed by atoms with van der Waals surface area (Å²) < 4.78 is 2.07. The van der Waals surface area contributed by atoms with Crippen LogP contribution in [0, 0.1) is 6.92 Å². The summed E-state index contributed by atoms with van der Waals surface area (Å²) >= 11 is 1.58. The minimum Gasteiger partial charge on any atom is -0.338 e. The van der Waals surface area contributed by atoms with Gasteiger partial charge < -0.3 is 4.90 Å². The van der Waals surface area contributed by atoms with Gasteiger partial charge in [-0.25, -0.2) is 4.98 Å². The van der Waals surface area contributed by atoms with Crippen LogP contribution in [-0.4, -0.2) is 26.7 Å². The number of rotatable bonds is 8. The number of amides is 1. The number of hydrogen-bond donors (Lipinski definition) is 0. The predicted molar refractivity (Wildman–Crippen MR) is 139 cm³/mol. The summed E-state index contributed by atoms with van der Waals surface area (Å²) in [4.78, 5) is 21.2. The molecule has 0 bridgehead atoms. The second-order valence-corrected chi connectivity index (χ2v) is 9.42. The van der Waals surface area contributed by atoms with Gasteiger partial charge in [-0.05, 0) is 24.5 Å². The summed E-state index contributed by atoms with van der Waals surface area (Å²) in [5, 5.41) is 2.05. The number of thiazole rings is 1. The van der Waals surface area contributed by atoms with Gasteiger partial charge in [0.15, 0.2) is 4.96 Å². The third-order valence-corrected chi connectivity index (χ3v) is 6.93. The number of nitrogens with zero attached hydrogens (tertiary/aromatic N) is 3. The molecule has 0 aliphatic heterocycles. The molecule has 170 valence electrons. The third-order valence-electron chi connectivity index (χ3n) is 6.05. The molecule has 5 rings (SSSR count). The fourth-order valence-electron chi connectivity index (χ4n) is 4.09. The maximum Gasteiger partial charge on any atom is 0.228 e. The fraction of sp³-hybridized carbons (Fsp3) is 0.172. The Morgan fingerprint density at radius 3 is 2.29 bits per heavy atom. The molecule has 0 aliphatic carbocycles. The second-order valence-electron chi connectivity index (χ2n) is 8.59. The van der Waals surface area contributed by atoms with Crippen LogP contribution in [0.1, 0.15) is 22.4 Å². The average Bonchev–Trinajstić information content (AvgIpc) is 3.45. The van der Waals surface area contributed by atoms with Crippen LogP contribution in [0.25, 0.3) is 16.2 Å². The van der Waals surface area contributed by atoms with E-state index < -0.39 is 0 Å². The third kappa shape index (κ3) is 5.10. The molecule has 0 unspecified atom stereocenters. The van der Waals surface area contributed by atoms with E-state index in [9.17, 15) is 4.79 Å². The Balaban J connectivity index is 1.35. The number of aryl methyl sites for hydroxylation is 1. The summed E-state index contributed by atoms with van der Waals surface area (Å²) in [6.07, 6.45) is 3.23. The first-order valence-corrected chi connectivity index (χ1v) is 12.4. The average molecular weight is 466 g/mol. The minimum absolute atomic E-state index is 0.130. The van der Waals surface area contributed by atoms with Gasteiger partial charge >= 0.3 is 0 Å². The van der Waals surface area contributed by atoms with E-state index >= 15 is 0 Å². The van der Waals surface area contributed by atoms with Gasteiger partial charge in [0.25, 0.3) is 0 Å². The first-order chi connectivity index (χ1) is 16.7. The zero-order chi connectivity index (χ0) is 23.3. The SMILES string of the molecule is Cc1ccc(-c2cn3c(CC(=O)N(CCc4ccccc4)Cc4ccccc4)csc3n2)cc1. The van der Waals surface area contributed by atoms with E-state index in [1.807, 2.05) is 47.5 Å². The van der Waals surface area contributed by atoms with Gasteiger partial charge in [0.2, 0.25) is 5.91 Å². The Bertz CT molecular complexity index is 1370. The molecule has 2 heterocycles. The molecule has 0 spiro atoms. The van der Waals surface area contributed by atoms with Crippen molar-refractivity contribution < 1.29 is 4.79 Å². The molecule has 0 aliphatic rings.